The minimum absolute atomic E-state index is 0.234. The monoisotopic (exact) mass is 308 g/mol. The largest absolute Gasteiger partial charge is 0.495 e. The minimum atomic E-state index is -0.337. The molecule has 3 aromatic rings. The first-order valence-electron chi connectivity index (χ1n) is 7.11. The summed E-state index contributed by atoms with van der Waals surface area (Å²) < 4.78 is 6.81. The van der Waals surface area contributed by atoms with E-state index in [9.17, 15) is 4.79 Å². The highest BCUT2D eigenvalue weighted by atomic mass is 16.5. The molecule has 0 aliphatic rings. The lowest BCUT2D eigenvalue weighted by Gasteiger charge is -2.09. The highest BCUT2D eigenvalue weighted by Crippen LogP contribution is 2.25. The summed E-state index contributed by atoms with van der Waals surface area (Å²) in [5, 5.41) is 10.7. The highest BCUT2D eigenvalue weighted by Gasteiger charge is 2.14. The zero-order chi connectivity index (χ0) is 16.2. The molecule has 0 spiro atoms. The average Bonchev–Trinajstić information content (AvgIpc) is 3.06. The molecule has 3 rings (SSSR count). The third-order valence-electron chi connectivity index (χ3n) is 3.35. The van der Waals surface area contributed by atoms with E-state index in [4.69, 9.17) is 4.74 Å². The van der Waals surface area contributed by atoms with Crippen LogP contribution in [0.1, 0.15) is 16.1 Å². The van der Waals surface area contributed by atoms with Crippen LogP contribution in [0.4, 0.5) is 5.69 Å². The molecule has 0 saturated heterocycles. The van der Waals surface area contributed by atoms with Crippen molar-refractivity contribution in [2.45, 2.75) is 6.92 Å². The third-order valence-corrected chi connectivity index (χ3v) is 3.35. The molecule has 0 atom stereocenters. The first-order valence-corrected chi connectivity index (χ1v) is 7.11. The van der Waals surface area contributed by atoms with E-state index < -0.39 is 0 Å². The SMILES string of the molecule is COc1ccc(C)cc1NC(=O)c1cn(-c2ccccc2)nn1. The van der Waals surface area contributed by atoms with Gasteiger partial charge in [0.1, 0.15) is 5.75 Å². The maximum Gasteiger partial charge on any atom is 0.277 e. The summed E-state index contributed by atoms with van der Waals surface area (Å²) in [5.74, 6) is 0.260. The van der Waals surface area contributed by atoms with E-state index in [0.717, 1.165) is 11.3 Å². The number of hydrogen-bond donors (Lipinski definition) is 1. The van der Waals surface area contributed by atoms with Crippen molar-refractivity contribution in [3.8, 4) is 11.4 Å². The van der Waals surface area contributed by atoms with E-state index in [-0.39, 0.29) is 11.6 Å². The third kappa shape index (κ3) is 3.21. The molecule has 0 bridgehead atoms. The lowest BCUT2D eigenvalue weighted by atomic mass is 10.2. The number of carbonyl (C=O) groups excluding carboxylic acids is 1. The van der Waals surface area contributed by atoms with E-state index in [1.54, 1.807) is 18.0 Å². The molecular formula is C17H16N4O2. The number of amides is 1. The number of hydrogen-bond acceptors (Lipinski definition) is 4. The number of ether oxygens (including phenoxy) is 1. The highest BCUT2D eigenvalue weighted by molar-refractivity contribution is 6.03. The number of methoxy groups -OCH3 is 1. The number of nitrogens with one attached hydrogen (secondary N) is 1. The Balaban J connectivity index is 1.82. The fourth-order valence-corrected chi connectivity index (χ4v) is 2.18. The summed E-state index contributed by atoms with van der Waals surface area (Å²) in [6.07, 6.45) is 1.59. The summed E-state index contributed by atoms with van der Waals surface area (Å²) in [5.41, 5.74) is 2.70. The molecule has 0 aliphatic heterocycles. The Morgan fingerprint density at radius 2 is 1.96 bits per heavy atom. The second-order valence-electron chi connectivity index (χ2n) is 5.04. The van der Waals surface area contributed by atoms with Gasteiger partial charge in [-0.1, -0.05) is 29.5 Å². The van der Waals surface area contributed by atoms with Crippen LogP contribution in [0.3, 0.4) is 0 Å². The predicted octanol–water partition coefficient (Wildman–Crippen LogP) is 2.84. The summed E-state index contributed by atoms with van der Waals surface area (Å²) in [7, 11) is 1.56. The van der Waals surface area contributed by atoms with Crippen LogP contribution in [0.25, 0.3) is 5.69 Å². The minimum Gasteiger partial charge on any atom is -0.495 e. The van der Waals surface area contributed by atoms with Gasteiger partial charge in [-0.25, -0.2) is 4.68 Å². The number of carbonyl (C=O) groups is 1. The molecule has 116 valence electrons. The maximum atomic E-state index is 12.4. The van der Waals surface area contributed by atoms with Gasteiger partial charge in [0.25, 0.3) is 5.91 Å². The Bertz CT molecular complexity index is 828. The fourth-order valence-electron chi connectivity index (χ4n) is 2.18. The van der Waals surface area contributed by atoms with E-state index in [1.807, 2.05) is 55.5 Å². The van der Waals surface area contributed by atoms with Crippen molar-refractivity contribution >= 4 is 11.6 Å². The number of benzene rings is 2. The van der Waals surface area contributed by atoms with E-state index in [0.29, 0.717) is 11.4 Å². The van der Waals surface area contributed by atoms with Gasteiger partial charge < -0.3 is 10.1 Å². The first kappa shape index (κ1) is 14.8. The van der Waals surface area contributed by atoms with Gasteiger partial charge in [0.05, 0.1) is 24.7 Å². The molecule has 1 N–H and O–H groups in total. The van der Waals surface area contributed by atoms with Gasteiger partial charge in [0, 0.05) is 0 Å². The molecule has 0 saturated carbocycles. The lowest BCUT2D eigenvalue weighted by molar-refractivity contribution is 0.102. The molecule has 0 fully saturated rings. The Kier molecular flexibility index (Phi) is 4.05. The molecule has 6 nitrogen and oxygen atoms in total. The van der Waals surface area contributed by atoms with Crippen LogP contribution in [0, 0.1) is 6.92 Å². The average molecular weight is 308 g/mol. The van der Waals surface area contributed by atoms with Crippen LogP contribution in [-0.2, 0) is 0 Å². The second kappa shape index (κ2) is 6.31. The number of aryl methyl sites for hydroxylation is 1. The van der Waals surface area contributed by atoms with Gasteiger partial charge in [0.15, 0.2) is 5.69 Å². The van der Waals surface area contributed by atoms with Crippen LogP contribution in [-0.4, -0.2) is 28.0 Å². The Labute approximate surface area is 133 Å². The molecule has 0 aliphatic carbocycles. The number of para-hydroxylation sites is 1. The standard InChI is InChI=1S/C17H16N4O2/c1-12-8-9-16(23-2)14(10-12)18-17(22)15-11-21(20-19-15)13-6-4-3-5-7-13/h3-11H,1-2H3,(H,18,22). The van der Waals surface area contributed by atoms with Gasteiger partial charge in [-0.2, -0.15) is 0 Å². The summed E-state index contributed by atoms with van der Waals surface area (Å²) in [6, 6.07) is 15.1. The molecule has 23 heavy (non-hydrogen) atoms. The van der Waals surface area contributed by atoms with Crippen LogP contribution in [0.2, 0.25) is 0 Å². The van der Waals surface area contributed by atoms with Crippen molar-refractivity contribution in [3.05, 3.63) is 66.0 Å². The topological polar surface area (TPSA) is 69.0 Å². The number of nitrogens with zero attached hydrogens (tertiary/aromatic N) is 3. The van der Waals surface area contributed by atoms with Crippen LogP contribution in [0.15, 0.2) is 54.7 Å². The number of aromatic nitrogens is 3. The van der Waals surface area contributed by atoms with Gasteiger partial charge >= 0.3 is 0 Å². The molecule has 1 aromatic heterocycles. The molecule has 1 heterocycles. The van der Waals surface area contributed by atoms with Crippen molar-refractivity contribution in [2.75, 3.05) is 12.4 Å². The summed E-state index contributed by atoms with van der Waals surface area (Å²) in [6.45, 7) is 1.95. The van der Waals surface area contributed by atoms with Gasteiger partial charge in [-0.3, -0.25) is 4.79 Å². The van der Waals surface area contributed by atoms with Crippen molar-refractivity contribution in [2.24, 2.45) is 0 Å². The quantitative estimate of drug-likeness (QED) is 0.804. The summed E-state index contributed by atoms with van der Waals surface area (Å²) in [4.78, 5) is 12.4. The smallest absolute Gasteiger partial charge is 0.277 e. The Hall–Kier alpha value is -3.15. The summed E-state index contributed by atoms with van der Waals surface area (Å²) >= 11 is 0. The Morgan fingerprint density at radius 1 is 1.17 bits per heavy atom. The van der Waals surface area contributed by atoms with Gasteiger partial charge in [0.2, 0.25) is 0 Å². The predicted molar refractivity (Wildman–Crippen MR) is 87.0 cm³/mol. The van der Waals surface area contributed by atoms with Gasteiger partial charge in [-0.05, 0) is 36.8 Å². The van der Waals surface area contributed by atoms with Gasteiger partial charge in [-0.15, -0.1) is 5.10 Å². The zero-order valence-corrected chi connectivity index (χ0v) is 12.9. The first-order chi connectivity index (χ1) is 11.2. The number of rotatable bonds is 4. The van der Waals surface area contributed by atoms with Crippen LogP contribution in [0.5, 0.6) is 5.75 Å². The molecule has 6 heteroatoms. The fraction of sp³-hybridized carbons (Fsp3) is 0.118. The van der Waals surface area contributed by atoms with E-state index in [2.05, 4.69) is 15.6 Å². The number of anilines is 1. The van der Waals surface area contributed by atoms with Crippen molar-refractivity contribution < 1.29 is 9.53 Å². The van der Waals surface area contributed by atoms with Crippen molar-refractivity contribution in [1.29, 1.82) is 0 Å². The van der Waals surface area contributed by atoms with Crippen molar-refractivity contribution in [3.63, 3.8) is 0 Å². The van der Waals surface area contributed by atoms with Crippen LogP contribution < -0.4 is 10.1 Å². The molecule has 0 unspecified atom stereocenters. The second-order valence-corrected chi connectivity index (χ2v) is 5.04. The lowest BCUT2D eigenvalue weighted by Crippen LogP contribution is -2.13. The van der Waals surface area contributed by atoms with Crippen molar-refractivity contribution in [1.82, 2.24) is 15.0 Å². The molecule has 0 radical (unpaired) electrons. The van der Waals surface area contributed by atoms with Crippen LogP contribution >= 0.6 is 0 Å². The maximum absolute atomic E-state index is 12.4. The molecular weight excluding hydrogens is 292 g/mol. The van der Waals surface area contributed by atoms with E-state index >= 15 is 0 Å². The van der Waals surface area contributed by atoms with E-state index in [1.165, 1.54) is 0 Å². The molecule has 2 aromatic carbocycles. The zero-order valence-electron chi connectivity index (χ0n) is 12.9. The molecule has 1 amide bonds. The Morgan fingerprint density at radius 3 is 2.70 bits per heavy atom. The normalized spacial score (nSPS) is 10.3.